The lowest BCUT2D eigenvalue weighted by atomic mass is 10.5. The first-order chi connectivity index (χ1) is 5.70. The third kappa shape index (κ3) is 0.744. The van der Waals surface area contributed by atoms with Crippen molar-refractivity contribution in [3.8, 4) is 0 Å². The maximum Gasteiger partial charge on any atom is 0.282 e. The Hall–Kier alpha value is -1.72. The van der Waals surface area contributed by atoms with E-state index >= 15 is 0 Å². The van der Waals surface area contributed by atoms with Crippen LogP contribution in [0.2, 0.25) is 0 Å². The van der Waals surface area contributed by atoms with Gasteiger partial charge < -0.3 is 0 Å². The van der Waals surface area contributed by atoms with Gasteiger partial charge in [-0.05, 0) is 13.8 Å². The van der Waals surface area contributed by atoms with Gasteiger partial charge in [-0.25, -0.2) is 9.50 Å². The third-order valence-electron chi connectivity index (χ3n) is 1.66. The first-order valence-corrected chi connectivity index (χ1v) is 3.47. The second kappa shape index (κ2) is 2.13. The number of hydrogen-bond donors (Lipinski definition) is 1. The molecule has 6 heteroatoms. The van der Waals surface area contributed by atoms with Crippen LogP contribution in [0.1, 0.15) is 11.5 Å². The van der Waals surface area contributed by atoms with Crippen LogP contribution in [0.25, 0.3) is 5.78 Å². The van der Waals surface area contributed by atoms with E-state index in [2.05, 4.69) is 20.4 Å². The summed E-state index contributed by atoms with van der Waals surface area (Å²) in [6.07, 6.45) is 0. The highest BCUT2D eigenvalue weighted by Crippen LogP contribution is 1.92. The number of aromatic amines is 1. The smallest absolute Gasteiger partial charge is 0.267 e. The number of aryl methyl sites for hydroxylation is 2. The van der Waals surface area contributed by atoms with E-state index in [9.17, 15) is 4.79 Å². The predicted octanol–water partition coefficient (Wildman–Crippen LogP) is -0.571. The van der Waals surface area contributed by atoms with Gasteiger partial charge in [0.25, 0.3) is 11.3 Å². The Bertz CT molecular complexity index is 482. The Morgan fingerprint density at radius 2 is 2.08 bits per heavy atom. The van der Waals surface area contributed by atoms with Crippen LogP contribution in [-0.4, -0.2) is 24.8 Å². The van der Waals surface area contributed by atoms with Crippen LogP contribution in [0.3, 0.4) is 0 Å². The molecule has 0 radical (unpaired) electrons. The molecule has 0 atom stereocenters. The normalized spacial score (nSPS) is 10.8. The molecule has 2 rings (SSSR count). The first-order valence-electron chi connectivity index (χ1n) is 3.47. The van der Waals surface area contributed by atoms with Crippen molar-refractivity contribution < 1.29 is 0 Å². The van der Waals surface area contributed by atoms with Gasteiger partial charge in [-0.1, -0.05) is 0 Å². The number of rotatable bonds is 0. The quantitative estimate of drug-likeness (QED) is 0.567. The molecular weight excluding hydrogens is 158 g/mol. The zero-order chi connectivity index (χ0) is 8.72. The van der Waals surface area contributed by atoms with Gasteiger partial charge in [-0.2, -0.15) is 5.10 Å². The first kappa shape index (κ1) is 6.96. The van der Waals surface area contributed by atoms with Crippen LogP contribution in [0.4, 0.5) is 0 Å². The van der Waals surface area contributed by atoms with Gasteiger partial charge >= 0.3 is 0 Å². The van der Waals surface area contributed by atoms with Crippen molar-refractivity contribution in [3.63, 3.8) is 0 Å². The fourth-order valence-electron chi connectivity index (χ4n) is 1.02. The summed E-state index contributed by atoms with van der Waals surface area (Å²) in [4.78, 5) is 11.4. The Kier molecular flexibility index (Phi) is 1.24. The van der Waals surface area contributed by atoms with Gasteiger partial charge in [0.05, 0.1) is 0 Å². The van der Waals surface area contributed by atoms with Crippen molar-refractivity contribution in [2.24, 2.45) is 0 Å². The molecule has 6 nitrogen and oxygen atoms in total. The molecule has 1 N–H and O–H groups in total. The number of fused-ring (bicyclic) bond motifs is 1. The van der Waals surface area contributed by atoms with Crippen LogP contribution < -0.4 is 5.56 Å². The van der Waals surface area contributed by atoms with E-state index < -0.39 is 0 Å². The summed E-state index contributed by atoms with van der Waals surface area (Å²) in [5.74, 6) is 0.969. The van der Waals surface area contributed by atoms with Gasteiger partial charge in [0, 0.05) is 0 Å². The largest absolute Gasteiger partial charge is 0.282 e. The molecule has 0 spiro atoms. The summed E-state index contributed by atoms with van der Waals surface area (Å²) in [6, 6.07) is 0. The minimum atomic E-state index is -0.175. The van der Waals surface area contributed by atoms with Gasteiger partial charge in [0.2, 0.25) is 0 Å². The van der Waals surface area contributed by atoms with E-state index in [1.807, 2.05) is 0 Å². The van der Waals surface area contributed by atoms with Crippen LogP contribution in [0, 0.1) is 13.8 Å². The highest BCUT2D eigenvalue weighted by atomic mass is 16.1. The summed E-state index contributed by atoms with van der Waals surface area (Å²) in [7, 11) is 0. The molecule has 2 heterocycles. The summed E-state index contributed by atoms with van der Waals surface area (Å²) in [6.45, 7) is 3.35. The average molecular weight is 165 g/mol. The maximum atomic E-state index is 11.4. The van der Waals surface area contributed by atoms with Crippen LogP contribution in [-0.2, 0) is 0 Å². The van der Waals surface area contributed by atoms with Gasteiger partial charge in [0.1, 0.15) is 11.5 Å². The standard InChI is InChI=1S/C6H7N5O/c1-3-5(12)11-4(2)8-10-6(11)9-7-3/h1-2H3,(H,9,10). The average Bonchev–Trinajstić information content (AvgIpc) is 2.41. The van der Waals surface area contributed by atoms with Crippen molar-refractivity contribution in [3.05, 3.63) is 21.9 Å². The van der Waals surface area contributed by atoms with Crippen molar-refractivity contribution in [1.82, 2.24) is 24.8 Å². The molecule has 0 amide bonds. The number of hydrogen-bond acceptors (Lipinski definition) is 4. The van der Waals surface area contributed by atoms with Crippen molar-refractivity contribution >= 4 is 5.78 Å². The molecule has 0 unspecified atom stereocenters. The summed E-state index contributed by atoms with van der Waals surface area (Å²) < 4.78 is 1.39. The Balaban J connectivity index is 3.06. The number of aromatic nitrogens is 5. The molecular formula is C6H7N5O. The Labute approximate surface area is 67.3 Å². The van der Waals surface area contributed by atoms with E-state index in [1.165, 1.54) is 4.40 Å². The molecule has 0 saturated heterocycles. The molecule has 0 aromatic carbocycles. The molecule has 0 fully saturated rings. The van der Waals surface area contributed by atoms with Crippen LogP contribution >= 0.6 is 0 Å². The fourth-order valence-corrected chi connectivity index (χ4v) is 1.02. The zero-order valence-electron chi connectivity index (χ0n) is 6.70. The minimum absolute atomic E-state index is 0.175. The van der Waals surface area contributed by atoms with Crippen LogP contribution in [0.5, 0.6) is 0 Å². The summed E-state index contributed by atoms with van der Waals surface area (Å²) in [5, 5.41) is 13.9. The van der Waals surface area contributed by atoms with E-state index in [0.717, 1.165) is 0 Å². The minimum Gasteiger partial charge on any atom is -0.267 e. The van der Waals surface area contributed by atoms with Crippen molar-refractivity contribution in [1.29, 1.82) is 0 Å². The second-order valence-corrected chi connectivity index (χ2v) is 2.52. The SMILES string of the molecule is Cc1nnc2[nH]nc(C)n2c1=O. The lowest BCUT2D eigenvalue weighted by Gasteiger charge is -1.91. The topological polar surface area (TPSA) is 75.9 Å². The molecule has 0 saturated carbocycles. The van der Waals surface area contributed by atoms with E-state index in [0.29, 0.717) is 17.3 Å². The lowest BCUT2D eigenvalue weighted by molar-refractivity contribution is 0.875. The predicted molar refractivity (Wildman–Crippen MR) is 40.9 cm³/mol. The zero-order valence-corrected chi connectivity index (χ0v) is 6.70. The number of H-pyrrole nitrogens is 1. The fraction of sp³-hybridized carbons (Fsp3) is 0.333. The molecule has 2 aromatic rings. The number of nitrogens with one attached hydrogen (secondary N) is 1. The van der Waals surface area contributed by atoms with Gasteiger partial charge in [-0.3, -0.25) is 4.79 Å². The molecule has 0 bridgehead atoms. The number of nitrogens with zero attached hydrogens (tertiary/aromatic N) is 4. The summed E-state index contributed by atoms with van der Waals surface area (Å²) >= 11 is 0. The monoisotopic (exact) mass is 165 g/mol. The molecule has 0 aliphatic carbocycles. The van der Waals surface area contributed by atoms with Crippen molar-refractivity contribution in [2.75, 3.05) is 0 Å². The molecule has 62 valence electrons. The molecule has 2 aromatic heterocycles. The molecule has 0 aliphatic heterocycles. The van der Waals surface area contributed by atoms with Gasteiger partial charge in [-0.15, -0.1) is 10.2 Å². The maximum absolute atomic E-state index is 11.4. The lowest BCUT2D eigenvalue weighted by Crippen LogP contribution is -2.19. The van der Waals surface area contributed by atoms with E-state index in [4.69, 9.17) is 0 Å². The second-order valence-electron chi connectivity index (χ2n) is 2.52. The van der Waals surface area contributed by atoms with Crippen molar-refractivity contribution in [2.45, 2.75) is 13.8 Å². The highest BCUT2D eigenvalue weighted by molar-refractivity contribution is 5.24. The van der Waals surface area contributed by atoms with E-state index in [1.54, 1.807) is 13.8 Å². The molecule has 12 heavy (non-hydrogen) atoms. The van der Waals surface area contributed by atoms with Gasteiger partial charge in [0.15, 0.2) is 0 Å². The Morgan fingerprint density at radius 1 is 1.33 bits per heavy atom. The van der Waals surface area contributed by atoms with Crippen LogP contribution in [0.15, 0.2) is 4.79 Å². The van der Waals surface area contributed by atoms with E-state index in [-0.39, 0.29) is 5.56 Å². The Morgan fingerprint density at radius 3 is 2.83 bits per heavy atom. The third-order valence-corrected chi connectivity index (χ3v) is 1.66. The summed E-state index contributed by atoms with van der Waals surface area (Å²) in [5.41, 5.74) is 0.197. The highest BCUT2D eigenvalue weighted by Gasteiger charge is 2.05. The molecule has 0 aliphatic rings.